The van der Waals surface area contributed by atoms with Crippen LogP contribution in [0.15, 0.2) is 17.1 Å². The highest BCUT2D eigenvalue weighted by molar-refractivity contribution is 5.98. The molecule has 1 heterocycles. The molecule has 0 radical (unpaired) electrons. The van der Waals surface area contributed by atoms with E-state index in [-0.39, 0.29) is 28.3 Å². The Hall–Kier alpha value is -2.24. The van der Waals surface area contributed by atoms with E-state index in [0.717, 1.165) is 6.39 Å². The van der Waals surface area contributed by atoms with Crippen molar-refractivity contribution in [2.45, 2.75) is 13.8 Å². The summed E-state index contributed by atoms with van der Waals surface area (Å²) in [5.74, 6) is -2.45. The lowest BCUT2D eigenvalue weighted by molar-refractivity contribution is 0.0825. The molecular weight excluding hydrogens is 266 g/mol. The van der Waals surface area contributed by atoms with E-state index in [4.69, 9.17) is 4.42 Å². The average Bonchev–Trinajstić information content (AvgIpc) is 2.90. The molecule has 0 aliphatic rings. The largest absolute Gasteiger partial charge is 0.451 e. The van der Waals surface area contributed by atoms with E-state index < -0.39 is 11.6 Å². The number of hydrogen-bond acceptors (Lipinski definition) is 3. The normalized spacial score (nSPS) is 10.7. The van der Waals surface area contributed by atoms with Crippen molar-refractivity contribution < 1.29 is 18.0 Å². The van der Waals surface area contributed by atoms with Crippen molar-refractivity contribution in [2.24, 2.45) is 0 Å². The van der Waals surface area contributed by atoms with Gasteiger partial charge in [-0.2, -0.15) is 0 Å². The van der Waals surface area contributed by atoms with Gasteiger partial charge in [-0.1, -0.05) is 0 Å². The van der Waals surface area contributed by atoms with Crippen LogP contribution in [0.25, 0.3) is 11.3 Å². The van der Waals surface area contributed by atoms with Crippen molar-refractivity contribution >= 4 is 5.91 Å². The van der Waals surface area contributed by atoms with Gasteiger partial charge >= 0.3 is 0 Å². The second kappa shape index (κ2) is 5.03. The number of aromatic nitrogens is 1. The van der Waals surface area contributed by atoms with Gasteiger partial charge in [-0.15, -0.1) is 0 Å². The molecular formula is C14H14F2N2O2. The summed E-state index contributed by atoms with van der Waals surface area (Å²) in [6, 6.07) is 0. The van der Waals surface area contributed by atoms with E-state index >= 15 is 0 Å². The zero-order valence-corrected chi connectivity index (χ0v) is 11.6. The van der Waals surface area contributed by atoms with Gasteiger partial charge in [0.25, 0.3) is 5.91 Å². The fourth-order valence-corrected chi connectivity index (χ4v) is 2.14. The summed E-state index contributed by atoms with van der Waals surface area (Å²) < 4.78 is 33.0. The number of benzene rings is 1. The smallest absolute Gasteiger partial charge is 0.254 e. The first kappa shape index (κ1) is 14.2. The molecule has 0 saturated carbocycles. The van der Waals surface area contributed by atoms with Gasteiger partial charge in [0.2, 0.25) is 0 Å². The van der Waals surface area contributed by atoms with Crippen LogP contribution in [-0.2, 0) is 0 Å². The summed E-state index contributed by atoms with van der Waals surface area (Å²) in [6.07, 6.45) is 2.34. The van der Waals surface area contributed by atoms with Crippen LogP contribution in [0.5, 0.6) is 0 Å². The molecule has 4 nitrogen and oxygen atoms in total. The Labute approximate surface area is 115 Å². The third kappa shape index (κ3) is 2.07. The van der Waals surface area contributed by atoms with Crippen molar-refractivity contribution in [1.29, 1.82) is 0 Å². The van der Waals surface area contributed by atoms with Crippen LogP contribution >= 0.6 is 0 Å². The van der Waals surface area contributed by atoms with E-state index in [9.17, 15) is 13.6 Å². The number of amides is 1. The minimum absolute atomic E-state index is 0.00838. The molecule has 1 aromatic carbocycles. The molecule has 0 aliphatic heterocycles. The Morgan fingerprint density at radius 3 is 2.35 bits per heavy atom. The quantitative estimate of drug-likeness (QED) is 0.849. The fourth-order valence-electron chi connectivity index (χ4n) is 2.14. The van der Waals surface area contributed by atoms with E-state index in [2.05, 4.69) is 4.98 Å². The molecule has 1 amide bonds. The number of rotatable bonds is 2. The highest BCUT2D eigenvalue weighted by atomic mass is 19.2. The topological polar surface area (TPSA) is 46.3 Å². The standard InChI is InChI=1S/C14H14F2N2O2/c1-7-10(14(19)18(3)4)8(2)12(15)13(16)11(7)9-5-20-6-17-9/h5-6H,1-4H3. The molecule has 0 N–H and O–H groups in total. The molecule has 0 spiro atoms. The third-order valence-corrected chi connectivity index (χ3v) is 3.17. The molecule has 0 atom stereocenters. The zero-order valence-electron chi connectivity index (χ0n) is 11.6. The van der Waals surface area contributed by atoms with Crippen molar-refractivity contribution in [2.75, 3.05) is 14.1 Å². The molecule has 1 aromatic heterocycles. The van der Waals surface area contributed by atoms with E-state index in [1.54, 1.807) is 21.0 Å². The highest BCUT2D eigenvalue weighted by Gasteiger charge is 2.26. The fraction of sp³-hybridized carbons (Fsp3) is 0.286. The van der Waals surface area contributed by atoms with Gasteiger partial charge < -0.3 is 9.32 Å². The first-order chi connectivity index (χ1) is 9.36. The maximum atomic E-state index is 14.1. The van der Waals surface area contributed by atoms with E-state index in [1.165, 1.54) is 18.1 Å². The molecule has 2 rings (SSSR count). The Morgan fingerprint density at radius 1 is 1.20 bits per heavy atom. The Bertz CT molecular complexity index is 665. The molecule has 0 bridgehead atoms. The lowest BCUT2D eigenvalue weighted by Crippen LogP contribution is -2.24. The maximum Gasteiger partial charge on any atom is 0.254 e. The molecule has 106 valence electrons. The Kier molecular flexibility index (Phi) is 3.57. The van der Waals surface area contributed by atoms with Crippen LogP contribution in [0.4, 0.5) is 8.78 Å². The number of carbonyl (C=O) groups excluding carboxylic acids is 1. The molecule has 0 unspecified atom stereocenters. The van der Waals surface area contributed by atoms with Crippen molar-refractivity contribution in [3.05, 3.63) is 41.0 Å². The first-order valence-corrected chi connectivity index (χ1v) is 5.94. The van der Waals surface area contributed by atoms with Gasteiger partial charge in [-0.25, -0.2) is 13.8 Å². The van der Waals surface area contributed by atoms with Crippen LogP contribution in [0.1, 0.15) is 21.5 Å². The molecule has 0 saturated heterocycles. The van der Waals surface area contributed by atoms with Gasteiger partial charge in [0.05, 0.1) is 0 Å². The summed E-state index contributed by atoms with van der Waals surface area (Å²) in [7, 11) is 3.11. The number of carbonyl (C=O) groups is 1. The van der Waals surface area contributed by atoms with Crippen molar-refractivity contribution in [1.82, 2.24) is 9.88 Å². The minimum atomic E-state index is -1.04. The summed E-state index contributed by atoms with van der Waals surface area (Å²) >= 11 is 0. The predicted molar refractivity (Wildman–Crippen MR) is 69.3 cm³/mol. The molecule has 0 aliphatic carbocycles. The lowest BCUT2D eigenvalue weighted by Gasteiger charge is -2.18. The number of nitrogens with zero attached hydrogens (tertiary/aromatic N) is 2. The van der Waals surface area contributed by atoms with Gasteiger partial charge in [0, 0.05) is 30.8 Å². The Balaban J connectivity index is 2.81. The SMILES string of the molecule is Cc1c(F)c(F)c(-c2cocn2)c(C)c1C(=O)N(C)C. The van der Waals surface area contributed by atoms with E-state index in [0.29, 0.717) is 5.56 Å². The number of hydrogen-bond donors (Lipinski definition) is 0. The first-order valence-electron chi connectivity index (χ1n) is 5.94. The molecule has 20 heavy (non-hydrogen) atoms. The minimum Gasteiger partial charge on any atom is -0.451 e. The van der Waals surface area contributed by atoms with Gasteiger partial charge in [0.15, 0.2) is 18.0 Å². The predicted octanol–water partition coefficient (Wildman–Crippen LogP) is 2.94. The number of halogens is 2. The molecule has 2 aromatic rings. The van der Waals surface area contributed by atoms with Gasteiger partial charge in [-0.3, -0.25) is 4.79 Å². The number of oxazole rings is 1. The summed E-state index contributed by atoms with van der Waals surface area (Å²) in [4.78, 5) is 17.3. The monoisotopic (exact) mass is 280 g/mol. The summed E-state index contributed by atoms with van der Waals surface area (Å²) in [6.45, 7) is 2.95. The van der Waals surface area contributed by atoms with Crippen molar-refractivity contribution in [3.8, 4) is 11.3 Å². The molecule has 0 fully saturated rings. The third-order valence-electron chi connectivity index (χ3n) is 3.17. The van der Waals surface area contributed by atoms with Crippen LogP contribution in [0, 0.1) is 25.5 Å². The zero-order chi connectivity index (χ0) is 15.0. The lowest BCUT2D eigenvalue weighted by atomic mass is 9.94. The van der Waals surface area contributed by atoms with Crippen molar-refractivity contribution in [3.63, 3.8) is 0 Å². The van der Waals surface area contributed by atoms with Crippen LogP contribution in [0.3, 0.4) is 0 Å². The van der Waals surface area contributed by atoms with Gasteiger partial charge in [-0.05, 0) is 19.4 Å². The second-order valence-corrected chi connectivity index (χ2v) is 4.70. The second-order valence-electron chi connectivity index (χ2n) is 4.70. The van der Waals surface area contributed by atoms with Crippen LogP contribution in [-0.4, -0.2) is 29.9 Å². The Morgan fingerprint density at radius 2 is 1.85 bits per heavy atom. The summed E-state index contributed by atoms with van der Waals surface area (Å²) in [5.41, 5.74) is 0.589. The summed E-state index contributed by atoms with van der Waals surface area (Å²) in [5, 5.41) is 0. The average molecular weight is 280 g/mol. The maximum absolute atomic E-state index is 14.1. The van der Waals surface area contributed by atoms with Crippen LogP contribution < -0.4 is 0 Å². The molecule has 6 heteroatoms. The van der Waals surface area contributed by atoms with E-state index in [1.807, 2.05) is 0 Å². The highest BCUT2D eigenvalue weighted by Crippen LogP contribution is 2.32. The van der Waals surface area contributed by atoms with Crippen LogP contribution in [0.2, 0.25) is 0 Å². The van der Waals surface area contributed by atoms with Gasteiger partial charge in [0.1, 0.15) is 12.0 Å².